The van der Waals surface area contributed by atoms with Crippen molar-refractivity contribution in [3.63, 3.8) is 0 Å². The molecule has 2 rings (SSSR count). The van der Waals surface area contributed by atoms with E-state index < -0.39 is 5.97 Å². The smallest absolute Gasteiger partial charge is 0.356 e. The van der Waals surface area contributed by atoms with Crippen LogP contribution in [0.4, 0.5) is 0 Å². The van der Waals surface area contributed by atoms with Gasteiger partial charge in [-0.1, -0.05) is 26.0 Å². The molecule has 20 heavy (non-hydrogen) atoms. The van der Waals surface area contributed by atoms with E-state index in [0.717, 1.165) is 11.4 Å². The molecule has 106 valence electrons. The maximum Gasteiger partial charge on any atom is 0.356 e. The fraction of sp³-hybridized carbons (Fsp3) is 0.333. The predicted octanol–water partition coefficient (Wildman–Crippen LogP) is 2.82. The van der Waals surface area contributed by atoms with E-state index in [1.807, 2.05) is 18.2 Å². The van der Waals surface area contributed by atoms with Gasteiger partial charge in [-0.3, -0.25) is 4.68 Å². The number of benzene rings is 1. The minimum Gasteiger partial charge on any atom is -0.487 e. The zero-order valence-corrected chi connectivity index (χ0v) is 11.8. The van der Waals surface area contributed by atoms with Gasteiger partial charge < -0.3 is 9.84 Å². The van der Waals surface area contributed by atoms with E-state index in [9.17, 15) is 4.79 Å². The number of carboxylic acids is 1. The largest absolute Gasteiger partial charge is 0.487 e. The Kier molecular flexibility index (Phi) is 4.08. The number of aromatic carboxylic acids is 1. The topological polar surface area (TPSA) is 64.3 Å². The van der Waals surface area contributed by atoms with Crippen molar-refractivity contribution in [1.29, 1.82) is 0 Å². The summed E-state index contributed by atoms with van der Waals surface area (Å²) in [5.74, 6) is 0.178. The molecule has 0 bridgehead atoms. The molecule has 0 radical (unpaired) electrons. The molecule has 5 nitrogen and oxygen atoms in total. The fourth-order valence-corrected chi connectivity index (χ4v) is 1.87. The summed E-state index contributed by atoms with van der Waals surface area (Å²) in [5.41, 5.74) is 1.96. The molecule has 0 atom stereocenters. The van der Waals surface area contributed by atoms with Gasteiger partial charge in [0.2, 0.25) is 0 Å². The highest BCUT2D eigenvalue weighted by atomic mass is 16.5. The summed E-state index contributed by atoms with van der Waals surface area (Å²) in [4.78, 5) is 10.8. The van der Waals surface area contributed by atoms with Crippen molar-refractivity contribution < 1.29 is 14.6 Å². The lowest BCUT2D eigenvalue weighted by Gasteiger charge is -2.10. The number of nitrogens with zero attached hydrogens (tertiary/aromatic N) is 2. The van der Waals surface area contributed by atoms with Crippen LogP contribution in [0.25, 0.3) is 0 Å². The Bertz CT molecular complexity index is 617. The van der Waals surface area contributed by atoms with Crippen LogP contribution in [-0.4, -0.2) is 20.9 Å². The van der Waals surface area contributed by atoms with Gasteiger partial charge in [-0.25, -0.2) is 4.79 Å². The zero-order chi connectivity index (χ0) is 14.7. The SMILES string of the molecule is CC(C)c1cccc(OCc2cc(C(=O)O)nn2C)c1. The molecule has 1 aromatic carbocycles. The quantitative estimate of drug-likeness (QED) is 0.910. The van der Waals surface area contributed by atoms with E-state index in [1.54, 1.807) is 7.05 Å². The van der Waals surface area contributed by atoms with E-state index >= 15 is 0 Å². The number of ether oxygens (including phenoxy) is 1. The average Bonchev–Trinajstić information content (AvgIpc) is 2.78. The molecule has 1 aromatic heterocycles. The van der Waals surface area contributed by atoms with Gasteiger partial charge >= 0.3 is 5.97 Å². The third kappa shape index (κ3) is 3.17. The van der Waals surface area contributed by atoms with E-state index in [1.165, 1.54) is 16.3 Å². The second-order valence-electron chi connectivity index (χ2n) is 4.97. The standard InChI is InChI=1S/C15H18N2O3/c1-10(2)11-5-4-6-13(7-11)20-9-12-8-14(15(18)19)16-17(12)3/h4-8,10H,9H2,1-3H3,(H,18,19). The Balaban J connectivity index is 2.09. The van der Waals surface area contributed by atoms with Crippen LogP contribution < -0.4 is 4.74 Å². The van der Waals surface area contributed by atoms with Crippen LogP contribution in [0.3, 0.4) is 0 Å². The summed E-state index contributed by atoms with van der Waals surface area (Å²) in [5, 5.41) is 12.8. The molecule has 1 heterocycles. The Labute approximate surface area is 117 Å². The van der Waals surface area contributed by atoms with E-state index in [-0.39, 0.29) is 5.69 Å². The Morgan fingerprint density at radius 2 is 2.15 bits per heavy atom. The molecule has 0 amide bonds. The number of hydrogen-bond donors (Lipinski definition) is 1. The lowest BCUT2D eigenvalue weighted by atomic mass is 10.0. The molecule has 0 aliphatic carbocycles. The number of carboxylic acid groups (broad SMARTS) is 1. The maximum absolute atomic E-state index is 10.8. The van der Waals surface area contributed by atoms with Crippen molar-refractivity contribution in [2.24, 2.45) is 7.05 Å². The molecule has 0 aliphatic rings. The van der Waals surface area contributed by atoms with Crippen LogP contribution >= 0.6 is 0 Å². The highest BCUT2D eigenvalue weighted by Gasteiger charge is 2.11. The van der Waals surface area contributed by atoms with Crippen molar-refractivity contribution in [2.75, 3.05) is 0 Å². The number of aromatic nitrogens is 2. The second-order valence-corrected chi connectivity index (χ2v) is 4.97. The van der Waals surface area contributed by atoms with Crippen LogP contribution in [-0.2, 0) is 13.7 Å². The first-order valence-corrected chi connectivity index (χ1v) is 6.46. The molecular weight excluding hydrogens is 256 g/mol. The van der Waals surface area contributed by atoms with Gasteiger partial charge in [-0.05, 0) is 29.7 Å². The highest BCUT2D eigenvalue weighted by molar-refractivity contribution is 5.85. The van der Waals surface area contributed by atoms with Crippen LogP contribution in [0, 0.1) is 0 Å². The first-order valence-electron chi connectivity index (χ1n) is 6.46. The highest BCUT2D eigenvalue weighted by Crippen LogP contribution is 2.21. The van der Waals surface area contributed by atoms with Gasteiger partial charge in [0.15, 0.2) is 5.69 Å². The molecule has 0 spiro atoms. The third-order valence-corrected chi connectivity index (χ3v) is 3.11. The molecule has 0 unspecified atom stereocenters. The van der Waals surface area contributed by atoms with Crippen molar-refractivity contribution in [2.45, 2.75) is 26.4 Å². The van der Waals surface area contributed by atoms with Crippen molar-refractivity contribution in [1.82, 2.24) is 9.78 Å². The number of hydrogen-bond acceptors (Lipinski definition) is 3. The van der Waals surface area contributed by atoms with E-state index in [0.29, 0.717) is 12.5 Å². The monoisotopic (exact) mass is 274 g/mol. The van der Waals surface area contributed by atoms with Gasteiger partial charge in [0.05, 0.1) is 5.69 Å². The predicted molar refractivity (Wildman–Crippen MR) is 75.0 cm³/mol. The number of rotatable bonds is 5. The van der Waals surface area contributed by atoms with Crippen LogP contribution in [0.5, 0.6) is 5.75 Å². The van der Waals surface area contributed by atoms with Gasteiger partial charge in [0, 0.05) is 7.05 Å². The molecule has 0 fully saturated rings. The Morgan fingerprint density at radius 1 is 1.40 bits per heavy atom. The number of carbonyl (C=O) groups is 1. The van der Waals surface area contributed by atoms with Gasteiger partial charge in [-0.2, -0.15) is 5.10 Å². The Hall–Kier alpha value is -2.30. The van der Waals surface area contributed by atoms with Crippen LogP contribution in [0.15, 0.2) is 30.3 Å². The maximum atomic E-state index is 10.8. The van der Waals surface area contributed by atoms with E-state index in [2.05, 4.69) is 25.0 Å². The minimum absolute atomic E-state index is 0.0297. The first-order chi connectivity index (χ1) is 9.47. The van der Waals surface area contributed by atoms with Crippen molar-refractivity contribution in [3.8, 4) is 5.75 Å². The summed E-state index contributed by atoms with van der Waals surface area (Å²) in [6.07, 6.45) is 0. The fourth-order valence-electron chi connectivity index (χ4n) is 1.87. The average molecular weight is 274 g/mol. The van der Waals surface area contributed by atoms with Gasteiger partial charge in [-0.15, -0.1) is 0 Å². The summed E-state index contributed by atoms with van der Waals surface area (Å²) < 4.78 is 7.23. The van der Waals surface area contributed by atoms with Gasteiger partial charge in [0.1, 0.15) is 12.4 Å². The first kappa shape index (κ1) is 14.1. The minimum atomic E-state index is -1.03. The van der Waals surface area contributed by atoms with Gasteiger partial charge in [0.25, 0.3) is 0 Å². The third-order valence-electron chi connectivity index (χ3n) is 3.11. The molecule has 5 heteroatoms. The number of aryl methyl sites for hydroxylation is 1. The molecule has 1 N–H and O–H groups in total. The molecule has 0 saturated carbocycles. The zero-order valence-electron chi connectivity index (χ0n) is 11.8. The summed E-state index contributed by atoms with van der Waals surface area (Å²) in [6, 6.07) is 9.43. The normalized spacial score (nSPS) is 10.8. The lowest BCUT2D eigenvalue weighted by molar-refractivity contribution is 0.0689. The second kappa shape index (κ2) is 5.77. The van der Waals surface area contributed by atoms with E-state index in [4.69, 9.17) is 9.84 Å². The summed E-state index contributed by atoms with van der Waals surface area (Å²) in [6.45, 7) is 4.54. The van der Waals surface area contributed by atoms with Crippen molar-refractivity contribution >= 4 is 5.97 Å². The molecule has 0 aliphatic heterocycles. The molecular formula is C15H18N2O3. The van der Waals surface area contributed by atoms with Crippen molar-refractivity contribution in [3.05, 3.63) is 47.3 Å². The Morgan fingerprint density at radius 3 is 2.75 bits per heavy atom. The molecule has 0 saturated heterocycles. The lowest BCUT2D eigenvalue weighted by Crippen LogP contribution is -2.03. The summed E-state index contributed by atoms with van der Waals surface area (Å²) in [7, 11) is 1.70. The summed E-state index contributed by atoms with van der Waals surface area (Å²) >= 11 is 0. The van der Waals surface area contributed by atoms with Crippen LogP contribution in [0.1, 0.15) is 41.5 Å². The van der Waals surface area contributed by atoms with Crippen LogP contribution in [0.2, 0.25) is 0 Å². The molecule has 2 aromatic rings.